The van der Waals surface area contributed by atoms with Gasteiger partial charge < -0.3 is 8.83 Å². The van der Waals surface area contributed by atoms with Crippen LogP contribution in [0.3, 0.4) is 0 Å². The van der Waals surface area contributed by atoms with E-state index in [1.807, 2.05) is 29.0 Å². The summed E-state index contributed by atoms with van der Waals surface area (Å²) in [7, 11) is 0. The molecule has 0 aliphatic carbocycles. The fourth-order valence-electron chi connectivity index (χ4n) is 2.53. The first-order chi connectivity index (χ1) is 10.8. The van der Waals surface area contributed by atoms with E-state index >= 15 is 0 Å². The van der Waals surface area contributed by atoms with Crippen molar-refractivity contribution >= 4 is 23.0 Å². The van der Waals surface area contributed by atoms with Crippen molar-refractivity contribution in [3.63, 3.8) is 0 Å². The molecule has 4 rings (SSSR count). The van der Waals surface area contributed by atoms with Crippen molar-refractivity contribution in [3.05, 3.63) is 70.7 Å². The van der Waals surface area contributed by atoms with E-state index in [0.29, 0.717) is 12.2 Å². The number of amides is 1. The van der Waals surface area contributed by atoms with Crippen LogP contribution in [-0.2, 0) is 0 Å². The first kappa shape index (κ1) is 13.1. The molecule has 110 valence electrons. The molecule has 0 spiro atoms. The van der Waals surface area contributed by atoms with Crippen LogP contribution >= 0.6 is 11.3 Å². The van der Waals surface area contributed by atoms with Crippen LogP contribution in [0.5, 0.6) is 0 Å². The molecule has 1 aliphatic rings. The predicted molar refractivity (Wildman–Crippen MR) is 81.8 cm³/mol. The Morgan fingerprint density at radius 1 is 1.23 bits per heavy atom. The molecule has 1 aliphatic heterocycles. The zero-order chi connectivity index (χ0) is 14.9. The van der Waals surface area contributed by atoms with E-state index in [0.717, 1.165) is 11.3 Å². The summed E-state index contributed by atoms with van der Waals surface area (Å²) in [5, 5.41) is 9.99. The number of hydrogen-bond acceptors (Lipinski definition) is 5. The van der Waals surface area contributed by atoms with Gasteiger partial charge in [-0.1, -0.05) is 0 Å². The maximum Gasteiger partial charge on any atom is 0.310 e. The lowest BCUT2D eigenvalue weighted by atomic mass is 10.0. The molecule has 0 fully saturated rings. The molecule has 0 saturated carbocycles. The second-order valence-electron chi connectivity index (χ2n) is 4.93. The van der Waals surface area contributed by atoms with Gasteiger partial charge in [0.05, 0.1) is 18.6 Å². The Kier molecular flexibility index (Phi) is 3.16. The zero-order valence-corrected chi connectivity index (χ0v) is 12.3. The molecule has 4 heterocycles. The SMILES string of the molecule is O=C(c1ccco1)N1N=C(c2ccco2)C[C@@H]1c1ccsc1. The summed E-state index contributed by atoms with van der Waals surface area (Å²) in [6, 6.07) is 8.88. The first-order valence-electron chi connectivity index (χ1n) is 6.83. The minimum absolute atomic E-state index is 0.135. The summed E-state index contributed by atoms with van der Waals surface area (Å²) in [5.41, 5.74) is 1.83. The number of hydrogen-bond donors (Lipinski definition) is 0. The largest absolute Gasteiger partial charge is 0.463 e. The van der Waals surface area contributed by atoms with Crippen LogP contribution in [0.2, 0.25) is 0 Å². The van der Waals surface area contributed by atoms with Crippen LogP contribution in [0, 0.1) is 0 Å². The maximum atomic E-state index is 12.6. The predicted octanol–water partition coefficient (Wildman–Crippen LogP) is 3.93. The average Bonchev–Trinajstić information content (AvgIpc) is 3.35. The molecule has 3 aromatic heterocycles. The Bertz CT molecular complexity index is 789. The van der Waals surface area contributed by atoms with E-state index in [1.165, 1.54) is 11.3 Å². The fourth-order valence-corrected chi connectivity index (χ4v) is 3.23. The molecular formula is C16H12N2O3S. The van der Waals surface area contributed by atoms with Crippen LogP contribution in [-0.4, -0.2) is 16.6 Å². The third kappa shape index (κ3) is 2.17. The molecule has 3 aromatic rings. The topological polar surface area (TPSA) is 59.0 Å². The molecule has 0 N–H and O–H groups in total. The van der Waals surface area contributed by atoms with Gasteiger partial charge in [-0.2, -0.15) is 16.4 Å². The standard InChI is InChI=1S/C16H12N2O3S/c19-16(15-4-2-7-21-15)18-13(11-5-8-22-10-11)9-12(17-18)14-3-1-6-20-14/h1-8,10,13H,9H2/t13-/m1/s1. The van der Waals surface area contributed by atoms with E-state index < -0.39 is 0 Å². The fraction of sp³-hybridized carbons (Fsp3) is 0.125. The van der Waals surface area contributed by atoms with Crippen molar-refractivity contribution in [2.45, 2.75) is 12.5 Å². The summed E-state index contributed by atoms with van der Waals surface area (Å²) < 4.78 is 10.6. The molecule has 0 saturated heterocycles. The second kappa shape index (κ2) is 5.31. The molecular weight excluding hydrogens is 300 g/mol. The lowest BCUT2D eigenvalue weighted by molar-refractivity contribution is 0.0679. The lowest BCUT2D eigenvalue weighted by Crippen LogP contribution is -2.26. The number of rotatable bonds is 3. The molecule has 0 aromatic carbocycles. The van der Waals surface area contributed by atoms with E-state index in [2.05, 4.69) is 5.10 Å². The quantitative estimate of drug-likeness (QED) is 0.736. The van der Waals surface area contributed by atoms with Gasteiger partial charge >= 0.3 is 5.91 Å². The molecule has 22 heavy (non-hydrogen) atoms. The molecule has 0 bridgehead atoms. The molecule has 1 amide bonds. The van der Waals surface area contributed by atoms with Crippen LogP contribution in [0.25, 0.3) is 0 Å². The summed E-state index contributed by atoms with van der Waals surface area (Å²) in [6.45, 7) is 0. The summed E-state index contributed by atoms with van der Waals surface area (Å²) in [6.07, 6.45) is 3.71. The number of thiophene rings is 1. The first-order valence-corrected chi connectivity index (χ1v) is 7.78. The third-order valence-electron chi connectivity index (χ3n) is 3.58. The van der Waals surface area contributed by atoms with Crippen LogP contribution in [0.15, 0.2) is 67.6 Å². The van der Waals surface area contributed by atoms with Crippen LogP contribution in [0.4, 0.5) is 0 Å². The summed E-state index contributed by atoms with van der Waals surface area (Å²) >= 11 is 1.60. The Morgan fingerprint density at radius 3 is 2.77 bits per heavy atom. The van der Waals surface area contributed by atoms with E-state index in [1.54, 1.807) is 29.7 Å². The van der Waals surface area contributed by atoms with Gasteiger partial charge in [0.1, 0.15) is 11.5 Å². The smallest absolute Gasteiger partial charge is 0.310 e. The van der Waals surface area contributed by atoms with Gasteiger partial charge in [-0.25, -0.2) is 5.01 Å². The average molecular weight is 312 g/mol. The Labute approximate surface area is 130 Å². The Hall–Kier alpha value is -2.60. The highest BCUT2D eigenvalue weighted by molar-refractivity contribution is 7.08. The van der Waals surface area contributed by atoms with Gasteiger partial charge in [-0.3, -0.25) is 4.79 Å². The van der Waals surface area contributed by atoms with Crippen molar-refractivity contribution < 1.29 is 13.6 Å². The van der Waals surface area contributed by atoms with Gasteiger partial charge in [0.15, 0.2) is 5.76 Å². The lowest BCUT2D eigenvalue weighted by Gasteiger charge is -2.19. The van der Waals surface area contributed by atoms with Crippen molar-refractivity contribution in [2.75, 3.05) is 0 Å². The number of hydrazone groups is 1. The normalized spacial score (nSPS) is 17.7. The number of carbonyl (C=O) groups excluding carboxylic acids is 1. The van der Waals surface area contributed by atoms with Gasteiger partial charge in [-0.15, -0.1) is 0 Å². The highest BCUT2D eigenvalue weighted by Crippen LogP contribution is 2.34. The van der Waals surface area contributed by atoms with Gasteiger partial charge in [0.25, 0.3) is 0 Å². The highest BCUT2D eigenvalue weighted by Gasteiger charge is 2.35. The molecule has 5 nitrogen and oxygen atoms in total. The van der Waals surface area contributed by atoms with E-state index in [-0.39, 0.29) is 17.7 Å². The number of furan rings is 2. The van der Waals surface area contributed by atoms with E-state index in [9.17, 15) is 4.79 Å². The third-order valence-corrected chi connectivity index (χ3v) is 4.29. The van der Waals surface area contributed by atoms with Crippen LogP contribution in [0.1, 0.15) is 34.3 Å². The van der Waals surface area contributed by atoms with Gasteiger partial charge in [0.2, 0.25) is 0 Å². The van der Waals surface area contributed by atoms with Crippen molar-refractivity contribution in [1.29, 1.82) is 0 Å². The number of carbonyl (C=O) groups is 1. The summed E-state index contributed by atoms with van der Waals surface area (Å²) in [4.78, 5) is 12.6. The summed E-state index contributed by atoms with van der Waals surface area (Å²) in [5.74, 6) is 0.724. The minimum Gasteiger partial charge on any atom is -0.463 e. The zero-order valence-electron chi connectivity index (χ0n) is 11.5. The van der Waals surface area contributed by atoms with Gasteiger partial charge in [0, 0.05) is 6.42 Å². The van der Waals surface area contributed by atoms with Crippen molar-refractivity contribution in [2.24, 2.45) is 5.10 Å². The number of nitrogens with zero attached hydrogens (tertiary/aromatic N) is 2. The van der Waals surface area contributed by atoms with E-state index in [4.69, 9.17) is 8.83 Å². The van der Waals surface area contributed by atoms with Crippen LogP contribution < -0.4 is 0 Å². The Morgan fingerprint density at radius 2 is 2.09 bits per heavy atom. The van der Waals surface area contributed by atoms with Crippen molar-refractivity contribution in [3.8, 4) is 0 Å². The van der Waals surface area contributed by atoms with Crippen molar-refractivity contribution in [1.82, 2.24) is 5.01 Å². The Balaban J connectivity index is 1.71. The molecule has 0 radical (unpaired) electrons. The minimum atomic E-state index is -0.247. The maximum absolute atomic E-state index is 12.6. The monoisotopic (exact) mass is 312 g/mol. The molecule has 6 heteroatoms. The highest BCUT2D eigenvalue weighted by atomic mass is 32.1. The van der Waals surface area contributed by atoms with Gasteiger partial charge in [-0.05, 0) is 46.7 Å². The second-order valence-corrected chi connectivity index (χ2v) is 5.71. The molecule has 0 unspecified atom stereocenters. The molecule has 1 atom stereocenters.